The fourth-order valence-corrected chi connectivity index (χ4v) is 3.83. The van der Waals surface area contributed by atoms with E-state index in [1.165, 1.54) is 7.11 Å². The Morgan fingerprint density at radius 2 is 1.83 bits per heavy atom. The first kappa shape index (κ1) is 21.6. The third-order valence-corrected chi connectivity index (χ3v) is 9.48. The highest BCUT2D eigenvalue weighted by Crippen LogP contribution is 2.40. The third kappa shape index (κ3) is 5.28. The van der Waals surface area contributed by atoms with Gasteiger partial charge < -0.3 is 18.6 Å². The van der Waals surface area contributed by atoms with Crippen molar-refractivity contribution in [1.29, 1.82) is 0 Å². The molecule has 1 fully saturated rings. The van der Waals surface area contributed by atoms with Crippen molar-refractivity contribution in [3.05, 3.63) is 0 Å². The van der Waals surface area contributed by atoms with E-state index in [1.807, 2.05) is 13.8 Å². The summed E-state index contributed by atoms with van der Waals surface area (Å²) in [6.45, 7) is 16.6. The Kier molecular flexibility index (Phi) is 7.07. The fourth-order valence-electron chi connectivity index (χ4n) is 2.61. The van der Waals surface area contributed by atoms with E-state index in [1.54, 1.807) is 0 Å². The summed E-state index contributed by atoms with van der Waals surface area (Å²) in [6, 6.07) is 0. The number of hydrogen-bond donors (Lipinski definition) is 0. The van der Waals surface area contributed by atoms with Crippen LogP contribution in [0.15, 0.2) is 0 Å². The summed E-state index contributed by atoms with van der Waals surface area (Å²) in [5.41, 5.74) is 0. The highest BCUT2D eigenvalue weighted by molar-refractivity contribution is 6.74. The zero-order chi connectivity index (χ0) is 18.8. The predicted octanol–water partition coefficient (Wildman–Crippen LogP) is 4.26. The first-order valence-corrected chi connectivity index (χ1v) is 11.9. The van der Waals surface area contributed by atoms with E-state index in [-0.39, 0.29) is 17.1 Å². The number of ether oxygens (including phenoxy) is 3. The number of methoxy groups -OCH3 is 1. The van der Waals surface area contributed by atoms with Crippen LogP contribution >= 0.6 is 0 Å². The minimum absolute atomic E-state index is 0.00678. The van der Waals surface area contributed by atoms with Crippen LogP contribution in [-0.4, -0.2) is 45.5 Å². The van der Waals surface area contributed by atoms with Gasteiger partial charge in [0.1, 0.15) is 6.10 Å². The van der Waals surface area contributed by atoms with Gasteiger partial charge in [-0.25, -0.2) is 4.79 Å². The highest BCUT2D eigenvalue weighted by atomic mass is 28.4. The van der Waals surface area contributed by atoms with Crippen molar-refractivity contribution in [2.75, 3.05) is 7.11 Å². The molecule has 0 saturated carbocycles. The molecule has 0 aromatic heterocycles. The molecule has 1 aliphatic heterocycles. The van der Waals surface area contributed by atoms with E-state index in [4.69, 9.17) is 18.6 Å². The van der Waals surface area contributed by atoms with Gasteiger partial charge in [-0.05, 0) is 38.4 Å². The number of carbonyl (C=O) groups is 1. The Balaban J connectivity index is 3.07. The molecule has 0 N–H and O–H groups in total. The average Bonchev–Trinajstić information content (AvgIpc) is 2.75. The molecule has 1 saturated heterocycles. The average molecular weight is 361 g/mol. The summed E-state index contributed by atoms with van der Waals surface area (Å²) in [7, 11) is -0.763. The van der Waals surface area contributed by atoms with E-state index in [0.29, 0.717) is 0 Å². The Hall–Kier alpha value is -0.433. The van der Waals surface area contributed by atoms with Crippen LogP contribution in [0.3, 0.4) is 0 Å². The monoisotopic (exact) mass is 360 g/mol. The van der Waals surface area contributed by atoms with Crippen molar-refractivity contribution in [1.82, 2.24) is 0 Å². The summed E-state index contributed by atoms with van der Waals surface area (Å²) >= 11 is 0. The van der Waals surface area contributed by atoms with Gasteiger partial charge in [-0.3, -0.25) is 0 Å². The van der Waals surface area contributed by atoms with E-state index < -0.39 is 26.3 Å². The standard InChI is InChI=1S/C18H36O5Si/c1-10-11-12-13-14(22-18(5,6)21-13)15(16(19)20-7)23-24(8,9)17(2,3)4/h13-15H,10-12H2,1-9H3/t13-,14+,15-/m0/s1. The van der Waals surface area contributed by atoms with Gasteiger partial charge in [0.05, 0.1) is 13.2 Å². The second kappa shape index (κ2) is 7.85. The molecule has 0 spiro atoms. The maximum Gasteiger partial charge on any atom is 0.336 e. The smallest absolute Gasteiger partial charge is 0.336 e. The zero-order valence-corrected chi connectivity index (χ0v) is 17.9. The third-order valence-electron chi connectivity index (χ3n) is 5.02. The summed E-state index contributed by atoms with van der Waals surface area (Å²) in [4.78, 5) is 12.5. The lowest BCUT2D eigenvalue weighted by molar-refractivity contribution is -0.169. The van der Waals surface area contributed by atoms with Crippen molar-refractivity contribution < 1.29 is 23.4 Å². The minimum atomic E-state index is -2.16. The second-order valence-electron chi connectivity index (χ2n) is 8.60. The lowest BCUT2D eigenvalue weighted by Crippen LogP contribution is -2.52. The zero-order valence-electron chi connectivity index (χ0n) is 16.9. The molecule has 3 atom stereocenters. The molecule has 1 aliphatic rings. The second-order valence-corrected chi connectivity index (χ2v) is 13.4. The van der Waals surface area contributed by atoms with Crippen molar-refractivity contribution in [2.45, 2.75) is 103 Å². The molecule has 5 nitrogen and oxygen atoms in total. The summed E-state index contributed by atoms with van der Waals surface area (Å²) in [5, 5.41) is -0.00678. The van der Waals surface area contributed by atoms with Crippen LogP contribution in [0.5, 0.6) is 0 Å². The summed E-state index contributed by atoms with van der Waals surface area (Å²) in [5.74, 6) is -1.10. The summed E-state index contributed by atoms with van der Waals surface area (Å²) < 4.78 is 23.5. The minimum Gasteiger partial charge on any atom is -0.467 e. The van der Waals surface area contributed by atoms with Crippen LogP contribution in [0.4, 0.5) is 0 Å². The van der Waals surface area contributed by atoms with Crippen LogP contribution in [0, 0.1) is 0 Å². The van der Waals surface area contributed by atoms with Gasteiger partial charge in [0.25, 0.3) is 0 Å². The van der Waals surface area contributed by atoms with Crippen molar-refractivity contribution in [2.24, 2.45) is 0 Å². The molecular weight excluding hydrogens is 324 g/mol. The molecule has 24 heavy (non-hydrogen) atoms. The number of carbonyl (C=O) groups excluding carboxylic acids is 1. The topological polar surface area (TPSA) is 54.0 Å². The fraction of sp³-hybridized carbons (Fsp3) is 0.944. The van der Waals surface area contributed by atoms with Crippen LogP contribution in [-0.2, 0) is 23.4 Å². The number of esters is 1. The van der Waals surface area contributed by atoms with E-state index in [9.17, 15) is 4.79 Å². The Morgan fingerprint density at radius 3 is 2.29 bits per heavy atom. The molecule has 0 amide bonds. The molecule has 1 heterocycles. The van der Waals surface area contributed by atoms with Crippen molar-refractivity contribution >= 4 is 14.3 Å². The maximum absolute atomic E-state index is 12.5. The van der Waals surface area contributed by atoms with Crippen LogP contribution in [0.2, 0.25) is 18.1 Å². The van der Waals surface area contributed by atoms with Gasteiger partial charge >= 0.3 is 5.97 Å². The predicted molar refractivity (Wildman–Crippen MR) is 97.4 cm³/mol. The van der Waals surface area contributed by atoms with Gasteiger partial charge in [0.2, 0.25) is 0 Å². The molecule has 0 bridgehead atoms. The number of rotatable bonds is 7. The molecule has 0 aromatic carbocycles. The number of unbranched alkanes of at least 4 members (excludes halogenated alkanes) is 1. The van der Waals surface area contributed by atoms with Crippen molar-refractivity contribution in [3.8, 4) is 0 Å². The van der Waals surface area contributed by atoms with E-state index >= 15 is 0 Å². The molecule has 1 rings (SSSR count). The molecule has 142 valence electrons. The Labute approximate surface area is 148 Å². The lowest BCUT2D eigenvalue weighted by Gasteiger charge is -2.40. The summed E-state index contributed by atoms with van der Waals surface area (Å²) in [6.07, 6.45) is 1.59. The SMILES string of the molecule is CCCC[C@@H]1OC(C)(C)O[C@H]1[C@H](O[Si](C)(C)C(C)(C)C)C(=O)OC. The van der Waals surface area contributed by atoms with E-state index in [2.05, 4.69) is 40.8 Å². The van der Waals surface area contributed by atoms with Crippen LogP contribution in [0.1, 0.15) is 60.8 Å². The molecular formula is C18H36O5Si. The largest absolute Gasteiger partial charge is 0.467 e. The van der Waals surface area contributed by atoms with Gasteiger partial charge in [-0.1, -0.05) is 40.5 Å². The number of hydrogen-bond acceptors (Lipinski definition) is 5. The first-order chi connectivity index (χ1) is 10.8. The molecule has 0 unspecified atom stereocenters. The van der Waals surface area contributed by atoms with Crippen molar-refractivity contribution in [3.63, 3.8) is 0 Å². The van der Waals surface area contributed by atoms with Gasteiger partial charge in [0, 0.05) is 0 Å². The molecule has 0 aromatic rings. The van der Waals surface area contributed by atoms with Gasteiger partial charge in [-0.2, -0.15) is 0 Å². The Bertz CT molecular complexity index is 428. The molecule has 0 aliphatic carbocycles. The molecule has 0 radical (unpaired) electrons. The normalized spacial score (nSPS) is 25.5. The highest BCUT2D eigenvalue weighted by Gasteiger charge is 2.51. The quantitative estimate of drug-likeness (QED) is 0.501. The van der Waals surface area contributed by atoms with Crippen LogP contribution < -0.4 is 0 Å². The Morgan fingerprint density at radius 1 is 1.25 bits per heavy atom. The van der Waals surface area contributed by atoms with Gasteiger partial charge in [-0.15, -0.1) is 0 Å². The van der Waals surface area contributed by atoms with E-state index in [0.717, 1.165) is 19.3 Å². The first-order valence-electron chi connectivity index (χ1n) is 8.96. The van der Waals surface area contributed by atoms with Crippen LogP contribution in [0.25, 0.3) is 0 Å². The van der Waals surface area contributed by atoms with Gasteiger partial charge in [0.15, 0.2) is 20.2 Å². The molecule has 6 heteroatoms. The lowest BCUT2D eigenvalue weighted by atomic mass is 10.0. The maximum atomic E-state index is 12.5.